The minimum atomic E-state index is -0.144. The molecule has 0 spiro atoms. The number of rotatable bonds is 13. The predicted octanol–water partition coefficient (Wildman–Crippen LogP) is 6.09. The van der Waals surface area contributed by atoms with Gasteiger partial charge in [-0.2, -0.15) is 0 Å². The van der Waals surface area contributed by atoms with Gasteiger partial charge in [-0.05, 0) is 55.4 Å². The van der Waals surface area contributed by atoms with Crippen molar-refractivity contribution in [2.24, 2.45) is 0 Å². The van der Waals surface area contributed by atoms with Crippen LogP contribution in [0.15, 0.2) is 60.9 Å². The van der Waals surface area contributed by atoms with Crippen molar-refractivity contribution >= 4 is 29.1 Å². The molecule has 180 valence electrons. The Bertz CT molecular complexity index is 1040. The smallest absolute Gasteiger partial charge is 0.224 e. The topological polar surface area (TPSA) is 60.5 Å². The number of carbonyl (C=O) groups is 1. The van der Waals surface area contributed by atoms with Crippen LogP contribution in [0.25, 0.3) is 0 Å². The first-order chi connectivity index (χ1) is 16.6. The van der Waals surface area contributed by atoms with E-state index in [1.165, 1.54) is 18.0 Å². The van der Waals surface area contributed by atoms with E-state index in [9.17, 15) is 4.79 Å². The van der Waals surface area contributed by atoms with E-state index in [4.69, 9.17) is 32.7 Å². The molecule has 0 unspecified atom stereocenters. The van der Waals surface area contributed by atoms with Crippen molar-refractivity contribution in [3.63, 3.8) is 0 Å². The van der Waals surface area contributed by atoms with Crippen LogP contribution in [0.2, 0.25) is 10.0 Å². The number of hydrogen-bond acceptors (Lipinski definition) is 4. The molecule has 1 aromatic heterocycles. The van der Waals surface area contributed by atoms with Gasteiger partial charge < -0.3 is 14.8 Å². The molecule has 5 nitrogen and oxygen atoms in total. The Hall–Kier alpha value is -2.76. The summed E-state index contributed by atoms with van der Waals surface area (Å²) in [5.74, 6) is 1.29. The number of ether oxygens (including phenoxy) is 2. The number of unbranched alkanes of at least 4 members (excludes halogenated alkanes) is 2. The van der Waals surface area contributed by atoms with Crippen molar-refractivity contribution in [1.82, 2.24) is 10.3 Å². The molecule has 7 heteroatoms. The quantitative estimate of drug-likeness (QED) is 0.288. The van der Waals surface area contributed by atoms with Crippen molar-refractivity contribution in [1.29, 1.82) is 0 Å². The van der Waals surface area contributed by atoms with Crippen LogP contribution in [0.4, 0.5) is 0 Å². The molecule has 1 N–H and O–H groups in total. The number of aryl methyl sites for hydroxylation is 1. The number of amides is 1. The summed E-state index contributed by atoms with van der Waals surface area (Å²) in [6.07, 6.45) is 8.10. The molecule has 1 heterocycles. The zero-order chi connectivity index (χ0) is 24.2. The van der Waals surface area contributed by atoms with Gasteiger partial charge in [-0.3, -0.25) is 9.78 Å². The lowest BCUT2D eigenvalue weighted by molar-refractivity contribution is -0.120. The van der Waals surface area contributed by atoms with Crippen LogP contribution in [0.3, 0.4) is 0 Å². The van der Waals surface area contributed by atoms with Gasteiger partial charge in [0.1, 0.15) is 0 Å². The Balaban J connectivity index is 1.38. The maximum absolute atomic E-state index is 12.3. The minimum Gasteiger partial charge on any atom is -0.493 e. The summed E-state index contributed by atoms with van der Waals surface area (Å²) in [5, 5.41) is 3.68. The predicted molar refractivity (Wildman–Crippen MR) is 137 cm³/mol. The zero-order valence-electron chi connectivity index (χ0n) is 19.4. The van der Waals surface area contributed by atoms with Crippen LogP contribution in [-0.4, -0.2) is 31.2 Å². The minimum absolute atomic E-state index is 0.113. The fourth-order valence-corrected chi connectivity index (χ4v) is 4.10. The SMILES string of the molecule is COc1cc(CCNC(=O)Cc2c(Cl)cncc2Cl)ccc1OCCCCCc1ccccc1. The number of nitrogens with one attached hydrogen (secondary N) is 1. The normalized spacial score (nSPS) is 10.7. The molecule has 2 aromatic carbocycles. The van der Waals surface area contributed by atoms with E-state index in [0.29, 0.717) is 40.9 Å². The average molecular weight is 501 g/mol. The molecule has 0 fully saturated rings. The van der Waals surface area contributed by atoms with Crippen LogP contribution >= 0.6 is 23.2 Å². The monoisotopic (exact) mass is 500 g/mol. The highest BCUT2D eigenvalue weighted by atomic mass is 35.5. The number of carbonyl (C=O) groups excluding carboxylic acids is 1. The van der Waals surface area contributed by atoms with Crippen molar-refractivity contribution in [3.8, 4) is 11.5 Å². The molecule has 0 aliphatic carbocycles. The molecule has 3 rings (SSSR count). The Labute approximate surface area is 211 Å². The number of benzene rings is 2. The Kier molecular flexibility index (Phi) is 10.5. The molecule has 3 aromatic rings. The van der Waals surface area contributed by atoms with Gasteiger partial charge in [0.25, 0.3) is 0 Å². The number of halogens is 2. The lowest BCUT2D eigenvalue weighted by atomic mass is 10.1. The first-order valence-electron chi connectivity index (χ1n) is 11.4. The summed E-state index contributed by atoms with van der Waals surface area (Å²) in [4.78, 5) is 16.2. The number of hydrogen-bond donors (Lipinski definition) is 1. The van der Waals surface area contributed by atoms with Crippen LogP contribution in [0.5, 0.6) is 11.5 Å². The standard InChI is InChI=1S/C27H30Cl2N2O3/c1-33-26-16-21(13-14-31-27(32)17-22-23(28)18-30-19-24(22)29)11-12-25(26)34-15-7-3-6-10-20-8-4-2-5-9-20/h2,4-5,8-9,11-12,16,18-19H,3,6-7,10,13-15,17H2,1H3,(H,31,32). The molecule has 0 aliphatic rings. The average Bonchev–Trinajstić information content (AvgIpc) is 2.85. The number of aromatic nitrogens is 1. The molecular formula is C27H30Cl2N2O3. The molecule has 0 saturated heterocycles. The van der Waals surface area contributed by atoms with Gasteiger partial charge in [-0.25, -0.2) is 0 Å². The lowest BCUT2D eigenvalue weighted by Gasteiger charge is -2.13. The van der Waals surface area contributed by atoms with E-state index in [1.54, 1.807) is 7.11 Å². The van der Waals surface area contributed by atoms with E-state index in [1.807, 2.05) is 24.3 Å². The highest BCUT2D eigenvalue weighted by molar-refractivity contribution is 6.36. The molecular weight excluding hydrogens is 471 g/mol. The maximum Gasteiger partial charge on any atom is 0.224 e. The van der Waals surface area contributed by atoms with Crippen molar-refractivity contribution < 1.29 is 14.3 Å². The molecule has 1 amide bonds. The molecule has 34 heavy (non-hydrogen) atoms. The Morgan fingerprint density at radius 3 is 2.41 bits per heavy atom. The summed E-state index contributed by atoms with van der Waals surface area (Å²) >= 11 is 12.2. The summed E-state index contributed by atoms with van der Waals surface area (Å²) in [5.41, 5.74) is 3.01. The Morgan fingerprint density at radius 2 is 1.68 bits per heavy atom. The first kappa shape index (κ1) is 25.9. The van der Waals surface area contributed by atoms with Crippen LogP contribution in [-0.2, 0) is 24.1 Å². The highest BCUT2D eigenvalue weighted by Crippen LogP contribution is 2.28. The number of methoxy groups -OCH3 is 1. The van der Waals surface area contributed by atoms with Crippen molar-refractivity contribution in [2.45, 2.75) is 38.5 Å². The second kappa shape index (κ2) is 13.8. The van der Waals surface area contributed by atoms with Gasteiger partial charge in [0.2, 0.25) is 5.91 Å². The number of nitrogens with zero attached hydrogens (tertiary/aromatic N) is 1. The maximum atomic E-state index is 12.3. The molecule has 0 aliphatic heterocycles. The molecule has 0 saturated carbocycles. The van der Waals surface area contributed by atoms with Gasteiger partial charge in [0.05, 0.1) is 30.2 Å². The molecule has 0 atom stereocenters. The fourth-order valence-electron chi connectivity index (χ4n) is 3.60. The van der Waals surface area contributed by atoms with Gasteiger partial charge >= 0.3 is 0 Å². The van der Waals surface area contributed by atoms with Gasteiger partial charge in [0, 0.05) is 24.5 Å². The third kappa shape index (κ3) is 8.23. The largest absolute Gasteiger partial charge is 0.493 e. The lowest BCUT2D eigenvalue weighted by Crippen LogP contribution is -2.27. The molecule has 0 bridgehead atoms. The summed E-state index contributed by atoms with van der Waals surface area (Å²) < 4.78 is 11.4. The van der Waals surface area contributed by atoms with E-state index in [0.717, 1.165) is 37.0 Å². The van der Waals surface area contributed by atoms with E-state index in [-0.39, 0.29) is 12.3 Å². The Morgan fingerprint density at radius 1 is 0.912 bits per heavy atom. The van der Waals surface area contributed by atoms with Gasteiger partial charge in [0.15, 0.2) is 11.5 Å². The summed E-state index contributed by atoms with van der Waals surface area (Å²) in [6, 6.07) is 16.4. The van der Waals surface area contributed by atoms with Crippen LogP contribution in [0.1, 0.15) is 36.0 Å². The van der Waals surface area contributed by atoms with E-state index in [2.05, 4.69) is 34.6 Å². The van der Waals surface area contributed by atoms with Crippen molar-refractivity contribution in [3.05, 3.63) is 87.7 Å². The van der Waals surface area contributed by atoms with E-state index >= 15 is 0 Å². The number of pyridine rings is 1. The van der Waals surface area contributed by atoms with Gasteiger partial charge in [-0.15, -0.1) is 0 Å². The zero-order valence-corrected chi connectivity index (χ0v) is 20.9. The fraction of sp³-hybridized carbons (Fsp3) is 0.333. The van der Waals surface area contributed by atoms with E-state index < -0.39 is 0 Å². The second-order valence-corrected chi connectivity index (χ2v) is 8.80. The van der Waals surface area contributed by atoms with Crippen LogP contribution in [0, 0.1) is 0 Å². The first-order valence-corrected chi connectivity index (χ1v) is 12.2. The third-order valence-electron chi connectivity index (χ3n) is 5.46. The van der Waals surface area contributed by atoms with Crippen molar-refractivity contribution in [2.75, 3.05) is 20.3 Å². The third-order valence-corrected chi connectivity index (χ3v) is 6.12. The summed E-state index contributed by atoms with van der Waals surface area (Å²) in [7, 11) is 1.63. The second-order valence-electron chi connectivity index (χ2n) is 7.99. The highest BCUT2D eigenvalue weighted by Gasteiger charge is 2.12. The molecule has 0 radical (unpaired) electrons. The van der Waals surface area contributed by atoms with Crippen LogP contribution < -0.4 is 14.8 Å². The summed E-state index contributed by atoms with van der Waals surface area (Å²) in [6.45, 7) is 1.14. The van der Waals surface area contributed by atoms with Gasteiger partial charge in [-0.1, -0.05) is 59.6 Å².